The largest absolute Gasteiger partial charge is 0.543 e. The van der Waals surface area contributed by atoms with Gasteiger partial charge in [-0.3, -0.25) is 0 Å². The van der Waals surface area contributed by atoms with Crippen LogP contribution in [0.4, 0.5) is 0 Å². The van der Waals surface area contributed by atoms with Crippen LogP contribution in [0.15, 0.2) is 0 Å². The molecular formula is C13H29NOSn. The zero-order valence-electron chi connectivity index (χ0n) is 11.3. The summed E-state index contributed by atoms with van der Waals surface area (Å²) in [6, 6.07) is 0. The fourth-order valence-corrected chi connectivity index (χ4v) is 11.1. The van der Waals surface area contributed by atoms with Crippen molar-refractivity contribution < 1.29 is 4.79 Å². The Kier molecular flexibility index (Phi) is 20.6. The van der Waals surface area contributed by atoms with Gasteiger partial charge in [-0.1, -0.05) is 0 Å². The van der Waals surface area contributed by atoms with Crippen molar-refractivity contribution in [2.45, 2.75) is 72.6 Å². The van der Waals surface area contributed by atoms with Crippen molar-refractivity contribution in [3.63, 3.8) is 0 Å². The summed E-state index contributed by atoms with van der Waals surface area (Å²) >= 11 is -0.839. The van der Waals surface area contributed by atoms with E-state index in [1.807, 2.05) is 0 Å². The molecule has 0 heterocycles. The van der Waals surface area contributed by atoms with Crippen LogP contribution < -0.4 is 5.73 Å². The molecule has 0 aliphatic carbocycles. The molecule has 0 saturated heterocycles. The maximum Gasteiger partial charge on any atom is -0.172 e. The first kappa shape index (κ1) is 18.6. The SMILES string of the molecule is CCC[CH2][Sn+]([CH2]CCC)[CH2]CCC.N[C-]=O. The molecule has 0 atom stereocenters. The number of nitrogens with two attached hydrogens (primary N) is 1. The fourth-order valence-electron chi connectivity index (χ4n) is 1.66. The Labute approximate surface area is 109 Å². The maximum absolute atomic E-state index is 8.46. The molecule has 0 aliphatic heterocycles. The molecular weight excluding hydrogens is 305 g/mol. The Hall–Kier alpha value is 0.269. The van der Waals surface area contributed by atoms with E-state index in [4.69, 9.17) is 4.79 Å². The molecule has 0 bridgehead atoms. The van der Waals surface area contributed by atoms with Crippen LogP contribution in [0.3, 0.4) is 0 Å². The first-order valence-corrected chi connectivity index (χ1v) is 12.7. The summed E-state index contributed by atoms with van der Waals surface area (Å²) < 4.78 is 5.04. The van der Waals surface area contributed by atoms with Crippen LogP contribution in [0.1, 0.15) is 59.3 Å². The Balaban J connectivity index is 0. The number of hydrogen-bond donors (Lipinski definition) is 1. The molecule has 0 aliphatic rings. The van der Waals surface area contributed by atoms with Crippen molar-refractivity contribution in [2.24, 2.45) is 5.73 Å². The summed E-state index contributed by atoms with van der Waals surface area (Å²) in [6.07, 6.45) is 9.85. The first-order chi connectivity index (χ1) is 7.76. The van der Waals surface area contributed by atoms with E-state index in [1.165, 1.54) is 38.5 Å². The molecule has 0 saturated carbocycles. The third-order valence-corrected chi connectivity index (χ3v) is 11.7. The number of carbonyl (C=O) groups excluding carboxylic acids is 1. The molecule has 0 rings (SSSR count). The van der Waals surface area contributed by atoms with Gasteiger partial charge in [0.05, 0.1) is 0 Å². The summed E-state index contributed by atoms with van der Waals surface area (Å²) in [6.45, 7) is 7.00. The minimum atomic E-state index is -0.839. The number of unbranched alkanes of at least 4 members (excludes halogenated alkanes) is 3. The van der Waals surface area contributed by atoms with E-state index in [0.717, 1.165) is 6.41 Å². The standard InChI is InChI=1S/3C4H9.CH2NO.Sn/c3*1-3-4-2;2-1-3;/h3*1,3-4H2,2H3;(H2,2,3);/q;;;-1;+1. The smallest absolute Gasteiger partial charge is 0.172 e. The predicted octanol–water partition coefficient (Wildman–Crippen LogP) is 3.89. The molecule has 96 valence electrons. The van der Waals surface area contributed by atoms with Gasteiger partial charge in [-0.2, -0.15) is 6.41 Å². The fraction of sp³-hybridized carbons (Fsp3) is 0.923. The average Bonchev–Trinajstić information content (AvgIpc) is 2.29. The molecule has 16 heavy (non-hydrogen) atoms. The van der Waals surface area contributed by atoms with Gasteiger partial charge in [0, 0.05) is 0 Å². The summed E-state index contributed by atoms with van der Waals surface area (Å²) in [7, 11) is 0. The number of hydrogen-bond acceptors (Lipinski definition) is 1. The van der Waals surface area contributed by atoms with Crippen molar-refractivity contribution in [3.05, 3.63) is 0 Å². The van der Waals surface area contributed by atoms with Crippen molar-refractivity contribution >= 4 is 26.2 Å². The molecule has 0 aromatic carbocycles. The van der Waals surface area contributed by atoms with Crippen molar-refractivity contribution in [3.8, 4) is 0 Å². The Bertz CT molecular complexity index is 112. The van der Waals surface area contributed by atoms with Crippen molar-refractivity contribution in [2.75, 3.05) is 0 Å². The van der Waals surface area contributed by atoms with E-state index < -0.39 is 19.8 Å². The van der Waals surface area contributed by atoms with Gasteiger partial charge in [0.25, 0.3) is 0 Å². The van der Waals surface area contributed by atoms with Gasteiger partial charge in [0.15, 0.2) is 0 Å². The van der Waals surface area contributed by atoms with Crippen LogP contribution in [-0.4, -0.2) is 26.2 Å². The molecule has 0 fully saturated rings. The van der Waals surface area contributed by atoms with Crippen LogP contribution in [0.25, 0.3) is 0 Å². The molecule has 0 aromatic rings. The molecule has 0 unspecified atom stereocenters. The number of rotatable bonds is 9. The summed E-state index contributed by atoms with van der Waals surface area (Å²) in [5.41, 5.74) is 4.04. The Morgan fingerprint density at radius 1 is 0.875 bits per heavy atom. The zero-order chi connectivity index (χ0) is 12.6. The van der Waals surface area contributed by atoms with Crippen LogP contribution in [0.2, 0.25) is 13.3 Å². The predicted molar refractivity (Wildman–Crippen MR) is 74.8 cm³/mol. The number of amides is 1. The normalized spacial score (nSPS) is 9.19. The van der Waals surface area contributed by atoms with Gasteiger partial charge >= 0.3 is 92.4 Å². The molecule has 1 amide bonds. The molecule has 0 aromatic heterocycles. The molecule has 0 radical (unpaired) electrons. The van der Waals surface area contributed by atoms with E-state index in [1.54, 1.807) is 13.3 Å². The minimum absolute atomic E-state index is 0.839. The second-order valence-corrected chi connectivity index (χ2v) is 12.7. The van der Waals surface area contributed by atoms with Crippen LogP contribution >= 0.6 is 0 Å². The van der Waals surface area contributed by atoms with Crippen LogP contribution in [-0.2, 0) is 4.79 Å². The van der Waals surface area contributed by atoms with E-state index >= 15 is 0 Å². The van der Waals surface area contributed by atoms with Gasteiger partial charge in [0.1, 0.15) is 0 Å². The van der Waals surface area contributed by atoms with Crippen molar-refractivity contribution in [1.82, 2.24) is 0 Å². The van der Waals surface area contributed by atoms with Gasteiger partial charge in [0.2, 0.25) is 0 Å². The number of primary amides is 1. The third kappa shape index (κ3) is 16.7. The third-order valence-electron chi connectivity index (χ3n) is 2.65. The van der Waals surface area contributed by atoms with E-state index in [0.29, 0.717) is 0 Å². The van der Waals surface area contributed by atoms with Gasteiger partial charge < -0.3 is 10.5 Å². The Morgan fingerprint density at radius 3 is 1.31 bits per heavy atom. The monoisotopic (exact) mass is 335 g/mol. The van der Waals surface area contributed by atoms with Gasteiger partial charge in [-0.05, 0) is 0 Å². The molecule has 2 nitrogen and oxygen atoms in total. The topological polar surface area (TPSA) is 43.1 Å². The quantitative estimate of drug-likeness (QED) is 0.388. The first-order valence-electron chi connectivity index (χ1n) is 6.67. The molecule has 3 heteroatoms. The zero-order valence-corrected chi connectivity index (χ0v) is 14.2. The van der Waals surface area contributed by atoms with Crippen molar-refractivity contribution in [1.29, 1.82) is 0 Å². The van der Waals surface area contributed by atoms with Gasteiger partial charge in [-0.15, -0.1) is 0 Å². The van der Waals surface area contributed by atoms with Crippen LogP contribution in [0.5, 0.6) is 0 Å². The second-order valence-electron chi connectivity index (χ2n) is 4.18. The van der Waals surface area contributed by atoms with Gasteiger partial charge in [-0.25, -0.2) is 0 Å². The summed E-state index contributed by atoms with van der Waals surface area (Å²) in [5, 5.41) is 0. The van der Waals surface area contributed by atoms with E-state index in [2.05, 4.69) is 26.5 Å². The average molecular weight is 334 g/mol. The van der Waals surface area contributed by atoms with E-state index in [9.17, 15) is 0 Å². The second kappa shape index (κ2) is 17.7. The maximum atomic E-state index is 8.46. The molecule has 0 spiro atoms. The van der Waals surface area contributed by atoms with E-state index in [-0.39, 0.29) is 0 Å². The Morgan fingerprint density at radius 2 is 1.12 bits per heavy atom. The summed E-state index contributed by atoms with van der Waals surface area (Å²) in [5.74, 6) is 0. The van der Waals surface area contributed by atoms with Crippen LogP contribution in [0, 0.1) is 0 Å². The molecule has 2 N–H and O–H groups in total. The summed E-state index contributed by atoms with van der Waals surface area (Å²) in [4.78, 5) is 8.46. The minimum Gasteiger partial charge on any atom is -0.543 e.